The van der Waals surface area contributed by atoms with Crippen LogP contribution in [0.1, 0.15) is 19.8 Å². The SMILES string of the molecule is [CH2]C(C)C1CCOCC1. The molecule has 1 unspecified atom stereocenters. The highest BCUT2D eigenvalue weighted by Gasteiger charge is 2.16. The van der Waals surface area contributed by atoms with Crippen LogP contribution in [0.2, 0.25) is 0 Å². The first kappa shape index (κ1) is 7.07. The van der Waals surface area contributed by atoms with Gasteiger partial charge in [-0.15, -0.1) is 0 Å². The normalized spacial score (nSPS) is 23.0. The summed E-state index contributed by atoms with van der Waals surface area (Å²) in [5.41, 5.74) is 0. The molecule has 1 heterocycles. The maximum absolute atomic E-state index is 5.22. The summed E-state index contributed by atoms with van der Waals surface area (Å²) in [5.74, 6) is 1.42. The second kappa shape index (κ2) is 3.21. The predicted octanol–water partition coefficient (Wildman–Crippen LogP) is 1.88. The van der Waals surface area contributed by atoms with E-state index < -0.39 is 0 Å². The van der Waals surface area contributed by atoms with Gasteiger partial charge in [0.05, 0.1) is 0 Å². The molecule has 1 fully saturated rings. The van der Waals surface area contributed by atoms with Crippen molar-refractivity contribution in [3.8, 4) is 0 Å². The van der Waals surface area contributed by atoms with E-state index in [1.807, 2.05) is 0 Å². The van der Waals surface area contributed by atoms with E-state index in [-0.39, 0.29) is 0 Å². The molecule has 0 aromatic rings. The van der Waals surface area contributed by atoms with Crippen molar-refractivity contribution in [2.75, 3.05) is 13.2 Å². The molecule has 9 heavy (non-hydrogen) atoms. The summed E-state index contributed by atoms with van der Waals surface area (Å²) < 4.78 is 5.22. The van der Waals surface area contributed by atoms with Crippen molar-refractivity contribution >= 4 is 0 Å². The minimum atomic E-state index is 0.605. The van der Waals surface area contributed by atoms with Crippen LogP contribution in [0.25, 0.3) is 0 Å². The molecule has 0 bridgehead atoms. The minimum absolute atomic E-state index is 0.605. The van der Waals surface area contributed by atoms with Gasteiger partial charge in [0.15, 0.2) is 0 Å². The summed E-state index contributed by atoms with van der Waals surface area (Å²) in [6.45, 7) is 8.09. The Morgan fingerprint density at radius 3 is 2.33 bits per heavy atom. The topological polar surface area (TPSA) is 9.23 Å². The van der Waals surface area contributed by atoms with E-state index in [0.717, 1.165) is 19.1 Å². The van der Waals surface area contributed by atoms with Gasteiger partial charge in [-0.05, 0) is 24.7 Å². The Bertz CT molecular complexity index is 72.6. The van der Waals surface area contributed by atoms with Crippen LogP contribution in [0.15, 0.2) is 0 Å². The van der Waals surface area contributed by atoms with Gasteiger partial charge in [0, 0.05) is 13.2 Å². The van der Waals surface area contributed by atoms with Crippen LogP contribution in [-0.2, 0) is 4.74 Å². The second-order valence-corrected chi connectivity index (χ2v) is 2.93. The Hall–Kier alpha value is -0.0400. The summed E-state index contributed by atoms with van der Waals surface area (Å²) in [5, 5.41) is 0. The van der Waals surface area contributed by atoms with Crippen LogP contribution in [-0.4, -0.2) is 13.2 Å². The molecule has 1 heteroatoms. The monoisotopic (exact) mass is 127 g/mol. The Morgan fingerprint density at radius 1 is 1.44 bits per heavy atom. The number of rotatable bonds is 1. The number of hydrogen-bond acceptors (Lipinski definition) is 1. The quantitative estimate of drug-likeness (QED) is 0.522. The predicted molar refractivity (Wildman–Crippen MR) is 38.1 cm³/mol. The van der Waals surface area contributed by atoms with Crippen LogP contribution in [0.4, 0.5) is 0 Å². The highest BCUT2D eigenvalue weighted by Crippen LogP contribution is 2.21. The van der Waals surface area contributed by atoms with E-state index in [1.165, 1.54) is 12.8 Å². The summed E-state index contributed by atoms with van der Waals surface area (Å²) in [6.07, 6.45) is 2.43. The fourth-order valence-electron chi connectivity index (χ4n) is 1.28. The van der Waals surface area contributed by atoms with E-state index in [2.05, 4.69) is 13.8 Å². The van der Waals surface area contributed by atoms with E-state index in [1.54, 1.807) is 0 Å². The van der Waals surface area contributed by atoms with Gasteiger partial charge in [-0.25, -0.2) is 0 Å². The van der Waals surface area contributed by atoms with Crippen LogP contribution in [0, 0.1) is 18.8 Å². The molecule has 0 N–H and O–H groups in total. The molecular formula is C8H15O. The number of ether oxygens (including phenoxy) is 1. The Labute approximate surface area is 57.4 Å². The van der Waals surface area contributed by atoms with E-state index >= 15 is 0 Å². The zero-order valence-electron chi connectivity index (χ0n) is 6.10. The summed E-state index contributed by atoms with van der Waals surface area (Å²) in [7, 11) is 0. The molecule has 0 aromatic carbocycles. The lowest BCUT2D eigenvalue weighted by Gasteiger charge is -2.24. The van der Waals surface area contributed by atoms with Crippen molar-refractivity contribution in [1.82, 2.24) is 0 Å². The van der Waals surface area contributed by atoms with Gasteiger partial charge in [0.1, 0.15) is 0 Å². The van der Waals surface area contributed by atoms with Crippen LogP contribution in [0.3, 0.4) is 0 Å². The standard InChI is InChI=1S/C8H15O/c1-7(2)8-3-5-9-6-4-8/h7-8H,1,3-6H2,2H3. The lowest BCUT2D eigenvalue weighted by Crippen LogP contribution is -2.19. The zero-order valence-corrected chi connectivity index (χ0v) is 6.10. The van der Waals surface area contributed by atoms with Gasteiger partial charge in [-0.3, -0.25) is 0 Å². The van der Waals surface area contributed by atoms with Crippen molar-refractivity contribution in [2.45, 2.75) is 19.8 Å². The first-order chi connectivity index (χ1) is 4.30. The molecule has 1 saturated heterocycles. The first-order valence-corrected chi connectivity index (χ1v) is 3.71. The zero-order chi connectivity index (χ0) is 6.69. The summed E-state index contributed by atoms with van der Waals surface area (Å²) in [6, 6.07) is 0. The van der Waals surface area contributed by atoms with Crippen molar-refractivity contribution in [3.05, 3.63) is 6.92 Å². The van der Waals surface area contributed by atoms with Gasteiger partial charge in [-0.2, -0.15) is 0 Å². The molecule has 53 valence electrons. The second-order valence-electron chi connectivity index (χ2n) is 2.93. The average molecular weight is 127 g/mol. The molecule has 1 rings (SSSR count). The summed E-state index contributed by atoms with van der Waals surface area (Å²) >= 11 is 0. The highest BCUT2D eigenvalue weighted by atomic mass is 16.5. The third-order valence-electron chi connectivity index (χ3n) is 2.07. The maximum atomic E-state index is 5.22. The number of hydrogen-bond donors (Lipinski definition) is 0. The summed E-state index contributed by atoms with van der Waals surface area (Å²) in [4.78, 5) is 0. The molecule has 0 aliphatic carbocycles. The van der Waals surface area contributed by atoms with E-state index in [4.69, 9.17) is 4.74 Å². The fourth-order valence-corrected chi connectivity index (χ4v) is 1.28. The average Bonchev–Trinajstić information content (AvgIpc) is 1.90. The first-order valence-electron chi connectivity index (χ1n) is 3.71. The molecule has 0 saturated carbocycles. The Balaban J connectivity index is 2.23. The van der Waals surface area contributed by atoms with E-state index in [0.29, 0.717) is 5.92 Å². The molecule has 1 radical (unpaired) electrons. The fraction of sp³-hybridized carbons (Fsp3) is 0.875. The van der Waals surface area contributed by atoms with Gasteiger partial charge in [0.25, 0.3) is 0 Å². The third-order valence-corrected chi connectivity index (χ3v) is 2.07. The molecule has 1 nitrogen and oxygen atoms in total. The molecular weight excluding hydrogens is 112 g/mol. The lowest BCUT2D eigenvalue weighted by atomic mass is 9.89. The van der Waals surface area contributed by atoms with Gasteiger partial charge in [-0.1, -0.05) is 13.8 Å². The smallest absolute Gasteiger partial charge is 0.0468 e. The van der Waals surface area contributed by atoms with Gasteiger partial charge >= 0.3 is 0 Å². The molecule has 1 atom stereocenters. The van der Waals surface area contributed by atoms with Gasteiger partial charge < -0.3 is 4.74 Å². The van der Waals surface area contributed by atoms with Crippen LogP contribution < -0.4 is 0 Å². The van der Waals surface area contributed by atoms with E-state index in [9.17, 15) is 0 Å². The van der Waals surface area contributed by atoms with Crippen LogP contribution >= 0.6 is 0 Å². The minimum Gasteiger partial charge on any atom is -0.381 e. The third kappa shape index (κ3) is 1.98. The van der Waals surface area contributed by atoms with Crippen LogP contribution in [0.5, 0.6) is 0 Å². The van der Waals surface area contributed by atoms with Crippen molar-refractivity contribution < 1.29 is 4.74 Å². The Kier molecular flexibility index (Phi) is 2.52. The largest absolute Gasteiger partial charge is 0.381 e. The molecule has 0 spiro atoms. The molecule has 0 aromatic heterocycles. The van der Waals surface area contributed by atoms with Crippen molar-refractivity contribution in [1.29, 1.82) is 0 Å². The maximum Gasteiger partial charge on any atom is 0.0468 e. The Morgan fingerprint density at radius 2 is 2.00 bits per heavy atom. The molecule has 1 aliphatic rings. The lowest BCUT2D eigenvalue weighted by molar-refractivity contribution is 0.0557. The highest BCUT2D eigenvalue weighted by molar-refractivity contribution is 4.70. The van der Waals surface area contributed by atoms with Crippen molar-refractivity contribution in [2.24, 2.45) is 11.8 Å². The van der Waals surface area contributed by atoms with Crippen molar-refractivity contribution in [3.63, 3.8) is 0 Å². The molecule has 0 amide bonds. The molecule has 1 aliphatic heterocycles. The van der Waals surface area contributed by atoms with Gasteiger partial charge in [0.2, 0.25) is 0 Å².